The fourth-order valence-corrected chi connectivity index (χ4v) is 2.60. The molecule has 0 aliphatic carbocycles. The first-order valence-corrected chi connectivity index (χ1v) is 7.30. The van der Waals surface area contributed by atoms with Gasteiger partial charge >= 0.3 is 0 Å². The van der Waals surface area contributed by atoms with Crippen LogP contribution in [-0.2, 0) is 12.8 Å². The maximum atomic E-state index is 11.0. The second-order valence-electron chi connectivity index (χ2n) is 4.86. The van der Waals surface area contributed by atoms with Gasteiger partial charge in [0.15, 0.2) is 0 Å². The fourth-order valence-electron chi connectivity index (χ4n) is 2.24. The molecule has 4 nitrogen and oxygen atoms in total. The van der Waals surface area contributed by atoms with Gasteiger partial charge in [0.2, 0.25) is 0 Å². The van der Waals surface area contributed by atoms with E-state index in [4.69, 9.17) is 23.2 Å². The number of aliphatic hydroxyl groups is 1. The van der Waals surface area contributed by atoms with Gasteiger partial charge in [-0.1, -0.05) is 36.7 Å². The molecule has 2 unspecified atom stereocenters. The standard InChI is InChI=1S/C14H17Cl2N3O/c1-2-12(16)14(20,8-13-17-9-18-19-13)7-10-5-3-4-6-11(10)15/h3-6,9,12,20H,2,7-8H2,1H3,(H,17,18,19). The van der Waals surface area contributed by atoms with Crippen LogP contribution in [0.3, 0.4) is 0 Å². The quantitative estimate of drug-likeness (QED) is 0.806. The lowest BCUT2D eigenvalue weighted by Crippen LogP contribution is -2.43. The van der Waals surface area contributed by atoms with Gasteiger partial charge < -0.3 is 5.11 Å². The molecule has 2 atom stereocenters. The molecule has 0 bridgehead atoms. The summed E-state index contributed by atoms with van der Waals surface area (Å²) in [7, 11) is 0. The Hall–Kier alpha value is -1.10. The van der Waals surface area contributed by atoms with E-state index in [0.717, 1.165) is 5.56 Å². The summed E-state index contributed by atoms with van der Waals surface area (Å²) < 4.78 is 0. The van der Waals surface area contributed by atoms with E-state index < -0.39 is 11.0 Å². The van der Waals surface area contributed by atoms with Gasteiger partial charge in [-0.3, -0.25) is 5.10 Å². The van der Waals surface area contributed by atoms with Gasteiger partial charge in [0.1, 0.15) is 12.2 Å². The lowest BCUT2D eigenvalue weighted by atomic mass is 9.86. The number of benzene rings is 1. The van der Waals surface area contributed by atoms with E-state index in [1.54, 1.807) is 6.07 Å². The smallest absolute Gasteiger partial charge is 0.137 e. The molecule has 0 aliphatic heterocycles. The highest BCUT2D eigenvalue weighted by Gasteiger charge is 2.36. The predicted molar refractivity (Wildman–Crippen MR) is 80.1 cm³/mol. The number of rotatable bonds is 6. The Labute approximate surface area is 128 Å². The van der Waals surface area contributed by atoms with Crippen molar-refractivity contribution in [2.45, 2.75) is 37.2 Å². The van der Waals surface area contributed by atoms with Crippen molar-refractivity contribution in [1.29, 1.82) is 0 Å². The average molecular weight is 314 g/mol. The Morgan fingerprint density at radius 2 is 2.10 bits per heavy atom. The molecule has 1 aromatic carbocycles. The van der Waals surface area contributed by atoms with Gasteiger partial charge in [0.25, 0.3) is 0 Å². The van der Waals surface area contributed by atoms with Crippen molar-refractivity contribution >= 4 is 23.2 Å². The number of nitrogens with zero attached hydrogens (tertiary/aromatic N) is 2. The van der Waals surface area contributed by atoms with Crippen molar-refractivity contribution in [1.82, 2.24) is 15.2 Å². The van der Waals surface area contributed by atoms with Gasteiger partial charge in [0, 0.05) is 17.9 Å². The molecule has 0 saturated carbocycles. The van der Waals surface area contributed by atoms with Crippen LogP contribution < -0.4 is 0 Å². The summed E-state index contributed by atoms with van der Waals surface area (Å²) in [6.45, 7) is 1.94. The third-order valence-electron chi connectivity index (χ3n) is 3.33. The van der Waals surface area contributed by atoms with Crippen LogP contribution in [0.1, 0.15) is 24.7 Å². The first-order chi connectivity index (χ1) is 9.55. The normalized spacial score (nSPS) is 15.8. The van der Waals surface area contributed by atoms with Crippen LogP contribution in [0.4, 0.5) is 0 Å². The van der Waals surface area contributed by atoms with Gasteiger partial charge in [-0.2, -0.15) is 5.10 Å². The predicted octanol–water partition coefficient (Wildman–Crippen LogP) is 2.99. The summed E-state index contributed by atoms with van der Waals surface area (Å²) in [4.78, 5) is 4.06. The number of hydrogen-bond acceptors (Lipinski definition) is 3. The summed E-state index contributed by atoms with van der Waals surface area (Å²) in [6, 6.07) is 7.46. The molecule has 6 heteroatoms. The van der Waals surface area contributed by atoms with Crippen LogP contribution in [0.15, 0.2) is 30.6 Å². The van der Waals surface area contributed by atoms with Crippen molar-refractivity contribution in [3.63, 3.8) is 0 Å². The summed E-state index contributed by atoms with van der Waals surface area (Å²) in [5.74, 6) is 0.610. The fraction of sp³-hybridized carbons (Fsp3) is 0.429. The zero-order valence-corrected chi connectivity index (χ0v) is 12.7. The van der Waals surface area contributed by atoms with Crippen LogP contribution in [0.5, 0.6) is 0 Å². The third-order valence-corrected chi connectivity index (χ3v) is 4.42. The van der Waals surface area contributed by atoms with Gasteiger partial charge in [-0.15, -0.1) is 11.6 Å². The van der Waals surface area contributed by atoms with Crippen LogP contribution in [0.25, 0.3) is 0 Å². The van der Waals surface area contributed by atoms with E-state index in [9.17, 15) is 5.11 Å². The molecule has 0 fully saturated rings. The first-order valence-electron chi connectivity index (χ1n) is 6.49. The summed E-state index contributed by atoms with van der Waals surface area (Å²) >= 11 is 12.5. The Bertz CT molecular complexity index is 547. The molecule has 0 radical (unpaired) electrons. The molecular weight excluding hydrogens is 297 g/mol. The van der Waals surface area contributed by atoms with E-state index in [1.165, 1.54) is 6.33 Å². The second-order valence-corrected chi connectivity index (χ2v) is 5.79. The minimum atomic E-state index is -1.12. The van der Waals surface area contributed by atoms with E-state index in [2.05, 4.69) is 15.2 Å². The molecule has 2 N–H and O–H groups in total. The van der Waals surface area contributed by atoms with Gasteiger partial charge in [0.05, 0.1) is 11.0 Å². The third kappa shape index (κ3) is 3.51. The van der Waals surface area contributed by atoms with E-state index in [1.807, 2.05) is 25.1 Å². The lowest BCUT2D eigenvalue weighted by molar-refractivity contribution is 0.0334. The highest BCUT2D eigenvalue weighted by atomic mass is 35.5. The van der Waals surface area contributed by atoms with Crippen molar-refractivity contribution < 1.29 is 5.11 Å². The number of alkyl halides is 1. The number of aromatic amines is 1. The van der Waals surface area contributed by atoms with Gasteiger partial charge in [-0.25, -0.2) is 4.98 Å². The van der Waals surface area contributed by atoms with Crippen LogP contribution in [0, 0.1) is 0 Å². The average Bonchev–Trinajstić information content (AvgIpc) is 2.93. The first kappa shape index (κ1) is 15.3. The SMILES string of the molecule is CCC(Cl)C(O)(Cc1ncn[nH]1)Cc1ccccc1Cl. The number of aromatic nitrogens is 3. The Morgan fingerprint density at radius 1 is 1.35 bits per heavy atom. The van der Waals surface area contributed by atoms with E-state index in [0.29, 0.717) is 30.1 Å². The van der Waals surface area contributed by atoms with Crippen molar-refractivity contribution in [3.8, 4) is 0 Å². The maximum Gasteiger partial charge on any atom is 0.137 e. The van der Waals surface area contributed by atoms with Crippen molar-refractivity contribution in [2.24, 2.45) is 0 Å². The number of H-pyrrole nitrogens is 1. The van der Waals surface area contributed by atoms with Crippen LogP contribution >= 0.6 is 23.2 Å². The summed E-state index contributed by atoms with van der Waals surface area (Å²) in [5.41, 5.74) is -0.254. The number of hydrogen-bond donors (Lipinski definition) is 2. The molecule has 1 aromatic heterocycles. The highest BCUT2D eigenvalue weighted by Crippen LogP contribution is 2.29. The van der Waals surface area contributed by atoms with Crippen LogP contribution in [0.2, 0.25) is 5.02 Å². The minimum absolute atomic E-state index is 0.306. The van der Waals surface area contributed by atoms with Crippen molar-refractivity contribution in [3.05, 3.63) is 47.0 Å². The largest absolute Gasteiger partial charge is 0.388 e. The topological polar surface area (TPSA) is 61.8 Å². The summed E-state index contributed by atoms with van der Waals surface area (Å²) in [6.07, 6.45) is 2.74. The molecule has 0 spiro atoms. The Kier molecular flexibility index (Phi) is 5.02. The van der Waals surface area contributed by atoms with E-state index >= 15 is 0 Å². The highest BCUT2D eigenvalue weighted by molar-refractivity contribution is 6.31. The molecule has 0 amide bonds. The molecule has 108 valence electrons. The number of halogens is 2. The maximum absolute atomic E-state index is 11.0. The molecule has 20 heavy (non-hydrogen) atoms. The van der Waals surface area contributed by atoms with Crippen LogP contribution in [-0.4, -0.2) is 31.3 Å². The zero-order valence-electron chi connectivity index (χ0n) is 11.2. The number of nitrogens with one attached hydrogen (secondary N) is 1. The van der Waals surface area contributed by atoms with Gasteiger partial charge in [-0.05, 0) is 18.1 Å². The molecule has 0 aliphatic rings. The monoisotopic (exact) mass is 313 g/mol. The lowest BCUT2D eigenvalue weighted by Gasteiger charge is -2.32. The van der Waals surface area contributed by atoms with E-state index in [-0.39, 0.29) is 0 Å². The van der Waals surface area contributed by atoms with Crippen molar-refractivity contribution in [2.75, 3.05) is 0 Å². The molecular formula is C14H17Cl2N3O. The molecule has 2 rings (SSSR count). The minimum Gasteiger partial charge on any atom is -0.388 e. The Morgan fingerprint density at radius 3 is 2.70 bits per heavy atom. The Balaban J connectivity index is 2.25. The zero-order chi connectivity index (χ0) is 14.6. The molecule has 0 saturated heterocycles. The molecule has 2 aromatic rings. The second kappa shape index (κ2) is 6.57. The summed E-state index contributed by atoms with van der Waals surface area (Å²) in [5, 5.41) is 17.7. The molecule has 1 heterocycles.